The maximum Gasteiger partial charge on any atom is 0.273 e. The number of benzene rings is 1. The Labute approximate surface area is 161 Å². The molecule has 0 bridgehead atoms. The highest BCUT2D eigenvalue weighted by Gasteiger charge is 2.11. The maximum absolute atomic E-state index is 11.9. The Balaban J connectivity index is 1.86. The highest BCUT2D eigenvalue weighted by molar-refractivity contribution is 7.80. The molecule has 0 saturated carbocycles. The minimum Gasteiger partial charge on any atom is -0.493 e. The Hall–Kier alpha value is -3.33. The first-order valence-corrected chi connectivity index (χ1v) is 8.21. The second kappa shape index (κ2) is 9.39. The standard InChI is InChI=1S/C18H19N3O5S/c1-11-13(8-9-26-11)17(23)20-21-18(27)19-16(22)7-5-12-4-6-14(24-2)15(10-12)25-3/h4-10H,1-3H3,(H,20,23)(H2,19,21,22,27)/b7-5+. The first-order chi connectivity index (χ1) is 12.9. The van der Waals surface area contributed by atoms with Crippen molar-refractivity contribution in [2.24, 2.45) is 0 Å². The number of methoxy groups -OCH3 is 2. The molecule has 0 saturated heterocycles. The highest BCUT2D eigenvalue weighted by Crippen LogP contribution is 2.27. The van der Waals surface area contributed by atoms with Gasteiger partial charge in [0.25, 0.3) is 5.91 Å². The fraction of sp³-hybridized carbons (Fsp3) is 0.167. The first-order valence-electron chi connectivity index (χ1n) is 7.80. The number of hydrogen-bond donors (Lipinski definition) is 3. The van der Waals surface area contributed by atoms with Gasteiger partial charge in [0.05, 0.1) is 26.0 Å². The van der Waals surface area contributed by atoms with Crippen molar-refractivity contribution in [3.8, 4) is 11.5 Å². The number of ether oxygens (including phenoxy) is 2. The van der Waals surface area contributed by atoms with Crippen LogP contribution in [-0.4, -0.2) is 31.1 Å². The average Bonchev–Trinajstić information content (AvgIpc) is 3.10. The summed E-state index contributed by atoms with van der Waals surface area (Å²) < 4.78 is 15.4. The van der Waals surface area contributed by atoms with Gasteiger partial charge in [-0.05, 0) is 49.0 Å². The number of amides is 2. The number of nitrogens with one attached hydrogen (secondary N) is 3. The fourth-order valence-electron chi connectivity index (χ4n) is 2.11. The molecule has 27 heavy (non-hydrogen) atoms. The number of hydrazine groups is 1. The van der Waals surface area contributed by atoms with E-state index in [1.807, 2.05) is 0 Å². The van der Waals surface area contributed by atoms with Crippen LogP contribution in [0.15, 0.2) is 41.0 Å². The van der Waals surface area contributed by atoms with E-state index in [1.165, 1.54) is 25.5 Å². The van der Waals surface area contributed by atoms with E-state index >= 15 is 0 Å². The predicted molar refractivity (Wildman–Crippen MR) is 103 cm³/mol. The second-order valence-corrected chi connectivity index (χ2v) is 5.64. The van der Waals surface area contributed by atoms with E-state index in [1.54, 1.807) is 38.3 Å². The molecule has 0 radical (unpaired) electrons. The summed E-state index contributed by atoms with van der Waals surface area (Å²) in [6.07, 6.45) is 4.30. The summed E-state index contributed by atoms with van der Waals surface area (Å²) in [5.74, 6) is 0.722. The number of hydrogen-bond acceptors (Lipinski definition) is 6. The van der Waals surface area contributed by atoms with Crippen LogP contribution in [0.25, 0.3) is 6.08 Å². The third-order valence-electron chi connectivity index (χ3n) is 3.46. The lowest BCUT2D eigenvalue weighted by atomic mass is 10.2. The van der Waals surface area contributed by atoms with Crippen molar-refractivity contribution in [3.05, 3.63) is 53.5 Å². The van der Waals surface area contributed by atoms with E-state index in [4.69, 9.17) is 26.1 Å². The summed E-state index contributed by atoms with van der Waals surface area (Å²) in [5.41, 5.74) is 5.93. The predicted octanol–water partition coefficient (Wildman–Crippen LogP) is 1.95. The Kier molecular flexibility index (Phi) is 6.95. The average molecular weight is 389 g/mol. The first kappa shape index (κ1) is 20.0. The van der Waals surface area contributed by atoms with E-state index in [9.17, 15) is 9.59 Å². The smallest absolute Gasteiger partial charge is 0.273 e. The van der Waals surface area contributed by atoms with Gasteiger partial charge in [0.2, 0.25) is 5.91 Å². The fourth-order valence-corrected chi connectivity index (χ4v) is 2.27. The highest BCUT2D eigenvalue weighted by atomic mass is 32.1. The summed E-state index contributed by atoms with van der Waals surface area (Å²) in [5, 5.41) is 2.37. The zero-order valence-electron chi connectivity index (χ0n) is 15.0. The van der Waals surface area contributed by atoms with E-state index in [2.05, 4.69) is 16.2 Å². The number of thiocarbonyl (C=S) groups is 1. The van der Waals surface area contributed by atoms with Gasteiger partial charge in [-0.3, -0.25) is 25.8 Å². The molecule has 0 unspecified atom stereocenters. The summed E-state index contributed by atoms with van der Waals surface area (Å²) in [6.45, 7) is 1.66. The van der Waals surface area contributed by atoms with E-state index in [-0.39, 0.29) is 5.11 Å². The van der Waals surface area contributed by atoms with Crippen LogP contribution in [0.2, 0.25) is 0 Å². The van der Waals surface area contributed by atoms with Crippen LogP contribution in [-0.2, 0) is 4.79 Å². The maximum atomic E-state index is 11.9. The molecule has 0 spiro atoms. The van der Waals surface area contributed by atoms with Gasteiger partial charge in [-0.1, -0.05) is 6.07 Å². The van der Waals surface area contributed by atoms with E-state index in [0.29, 0.717) is 22.8 Å². The molecular formula is C18H19N3O5S. The molecule has 3 N–H and O–H groups in total. The molecular weight excluding hydrogens is 370 g/mol. The summed E-state index contributed by atoms with van der Waals surface area (Å²) in [6, 6.07) is 6.76. The third kappa shape index (κ3) is 5.58. The molecule has 0 atom stereocenters. The van der Waals surface area contributed by atoms with Crippen molar-refractivity contribution in [1.29, 1.82) is 0 Å². The molecule has 142 valence electrons. The third-order valence-corrected chi connectivity index (χ3v) is 3.67. The summed E-state index contributed by atoms with van der Waals surface area (Å²) >= 11 is 4.96. The van der Waals surface area contributed by atoms with Crippen molar-refractivity contribution >= 4 is 35.2 Å². The van der Waals surface area contributed by atoms with Crippen LogP contribution in [0, 0.1) is 6.92 Å². The molecule has 2 rings (SSSR count). The van der Waals surface area contributed by atoms with Crippen molar-refractivity contribution in [2.75, 3.05) is 14.2 Å². The molecule has 2 amide bonds. The van der Waals surface area contributed by atoms with Gasteiger partial charge in [-0.2, -0.15) is 0 Å². The Bertz CT molecular complexity index is 876. The SMILES string of the molecule is COc1ccc(/C=C/C(=O)NC(=S)NNC(=O)c2ccoc2C)cc1OC. The normalized spacial score (nSPS) is 10.3. The topological polar surface area (TPSA) is 102 Å². The molecule has 9 heteroatoms. The molecule has 1 aromatic carbocycles. The number of aryl methyl sites for hydroxylation is 1. The molecule has 0 fully saturated rings. The molecule has 1 heterocycles. The Morgan fingerprint density at radius 1 is 1.11 bits per heavy atom. The lowest BCUT2D eigenvalue weighted by molar-refractivity contribution is -0.115. The monoisotopic (exact) mass is 389 g/mol. The summed E-state index contributed by atoms with van der Waals surface area (Å²) in [4.78, 5) is 23.8. The van der Waals surface area contributed by atoms with Crippen molar-refractivity contribution in [3.63, 3.8) is 0 Å². The van der Waals surface area contributed by atoms with Gasteiger partial charge in [0.1, 0.15) is 5.76 Å². The quantitative estimate of drug-likeness (QED) is 0.408. The van der Waals surface area contributed by atoms with Crippen LogP contribution >= 0.6 is 12.2 Å². The van der Waals surface area contributed by atoms with Crippen molar-refractivity contribution < 1.29 is 23.5 Å². The lowest BCUT2D eigenvalue weighted by Crippen LogP contribution is -2.48. The molecule has 2 aromatic rings. The molecule has 0 aliphatic heterocycles. The molecule has 0 aliphatic carbocycles. The largest absolute Gasteiger partial charge is 0.493 e. The Morgan fingerprint density at radius 3 is 2.48 bits per heavy atom. The molecule has 0 aliphatic rings. The van der Waals surface area contributed by atoms with Gasteiger partial charge in [0.15, 0.2) is 16.6 Å². The van der Waals surface area contributed by atoms with Crippen molar-refractivity contribution in [2.45, 2.75) is 6.92 Å². The number of carbonyl (C=O) groups is 2. The number of rotatable bonds is 5. The van der Waals surface area contributed by atoms with Crippen molar-refractivity contribution in [1.82, 2.24) is 16.2 Å². The van der Waals surface area contributed by atoms with Crippen LogP contribution in [0.3, 0.4) is 0 Å². The van der Waals surface area contributed by atoms with Crippen LogP contribution < -0.4 is 25.6 Å². The number of carbonyl (C=O) groups excluding carboxylic acids is 2. The van der Waals surface area contributed by atoms with Crippen LogP contribution in [0.1, 0.15) is 21.7 Å². The zero-order chi connectivity index (χ0) is 19.8. The van der Waals surface area contributed by atoms with Gasteiger partial charge in [0, 0.05) is 6.08 Å². The van der Waals surface area contributed by atoms with Gasteiger partial charge >= 0.3 is 0 Å². The molecule has 1 aromatic heterocycles. The minimum absolute atomic E-state index is 0.0496. The molecule has 8 nitrogen and oxygen atoms in total. The Morgan fingerprint density at radius 2 is 1.85 bits per heavy atom. The van der Waals surface area contributed by atoms with Gasteiger partial charge in [-0.25, -0.2) is 0 Å². The minimum atomic E-state index is -0.462. The van der Waals surface area contributed by atoms with Gasteiger partial charge < -0.3 is 13.9 Å². The van der Waals surface area contributed by atoms with E-state index < -0.39 is 11.8 Å². The summed E-state index contributed by atoms with van der Waals surface area (Å²) in [7, 11) is 3.07. The van der Waals surface area contributed by atoms with E-state index in [0.717, 1.165) is 5.56 Å². The zero-order valence-corrected chi connectivity index (χ0v) is 15.8. The lowest BCUT2D eigenvalue weighted by Gasteiger charge is -2.09. The second-order valence-electron chi connectivity index (χ2n) is 5.24. The number of furan rings is 1. The van der Waals surface area contributed by atoms with Crippen LogP contribution in [0.5, 0.6) is 11.5 Å². The van der Waals surface area contributed by atoms with Crippen LogP contribution in [0.4, 0.5) is 0 Å². The van der Waals surface area contributed by atoms with Gasteiger partial charge in [-0.15, -0.1) is 0 Å².